The quantitative estimate of drug-likeness (QED) is 0.398. The van der Waals surface area contributed by atoms with Gasteiger partial charge in [-0.2, -0.15) is 13.2 Å². The first-order chi connectivity index (χ1) is 15.4. The summed E-state index contributed by atoms with van der Waals surface area (Å²) in [5.41, 5.74) is -0.458. The van der Waals surface area contributed by atoms with Crippen LogP contribution in [0.3, 0.4) is 0 Å². The Bertz CT molecular complexity index is 941. The highest BCUT2D eigenvalue weighted by Crippen LogP contribution is 2.36. The van der Waals surface area contributed by atoms with Gasteiger partial charge in [0, 0.05) is 29.0 Å². The number of halogens is 4. The average Bonchev–Trinajstić information content (AvgIpc) is 2.72. The number of amides is 1. The predicted molar refractivity (Wildman–Crippen MR) is 124 cm³/mol. The Morgan fingerprint density at radius 2 is 1.76 bits per heavy atom. The molecule has 8 heteroatoms. The number of likely N-dealkylation sites (tertiary alicyclic amines) is 1. The third kappa shape index (κ3) is 7.13. The maximum absolute atomic E-state index is 12.9. The third-order valence-electron chi connectivity index (χ3n) is 5.45. The molecule has 1 amide bonds. The molecule has 1 aliphatic heterocycles. The van der Waals surface area contributed by atoms with Gasteiger partial charge in [0.25, 0.3) is 0 Å². The highest BCUT2D eigenvalue weighted by molar-refractivity contribution is 9.10. The van der Waals surface area contributed by atoms with E-state index in [-0.39, 0.29) is 12.1 Å². The number of hydrogen-bond acceptors (Lipinski definition) is 3. The van der Waals surface area contributed by atoms with Crippen LogP contribution < -0.4 is 4.74 Å². The first-order valence-corrected chi connectivity index (χ1v) is 11.8. The van der Waals surface area contributed by atoms with E-state index in [1.54, 1.807) is 4.90 Å². The van der Waals surface area contributed by atoms with Crippen molar-refractivity contribution in [3.63, 3.8) is 0 Å². The van der Waals surface area contributed by atoms with Crippen molar-refractivity contribution >= 4 is 22.0 Å². The topological polar surface area (TPSA) is 38.8 Å². The zero-order valence-electron chi connectivity index (χ0n) is 19.0. The maximum atomic E-state index is 12.9. The Balaban J connectivity index is 1.85. The molecular weight excluding hydrogens is 499 g/mol. The van der Waals surface area contributed by atoms with Crippen molar-refractivity contribution in [2.45, 2.75) is 70.4 Å². The molecule has 2 aromatic rings. The first-order valence-electron chi connectivity index (χ1n) is 11.0. The molecule has 1 saturated heterocycles. The summed E-state index contributed by atoms with van der Waals surface area (Å²) in [5, 5.41) is 0. The molecule has 0 aliphatic carbocycles. The second-order valence-electron chi connectivity index (χ2n) is 9.21. The fourth-order valence-corrected chi connectivity index (χ4v) is 4.46. The number of hydrogen-bond donors (Lipinski definition) is 0. The summed E-state index contributed by atoms with van der Waals surface area (Å²) >= 11 is 3.56. The van der Waals surface area contributed by atoms with Gasteiger partial charge in [-0.15, -0.1) is 0 Å². The Morgan fingerprint density at radius 3 is 2.36 bits per heavy atom. The molecule has 0 spiro atoms. The molecule has 0 bridgehead atoms. The molecule has 2 atom stereocenters. The smallest absolute Gasteiger partial charge is 0.416 e. The van der Waals surface area contributed by atoms with E-state index in [1.165, 1.54) is 12.1 Å². The number of carbonyl (C=O) groups excluding carboxylic acids is 1. The average molecular weight is 528 g/mol. The van der Waals surface area contributed by atoms with Crippen LogP contribution in [0.4, 0.5) is 18.0 Å². The van der Waals surface area contributed by atoms with Crippen LogP contribution in [0.1, 0.15) is 63.7 Å². The summed E-state index contributed by atoms with van der Waals surface area (Å²) in [6, 6.07) is 12.2. The summed E-state index contributed by atoms with van der Waals surface area (Å²) < 4.78 is 51.5. The molecule has 33 heavy (non-hydrogen) atoms. The number of rotatable bonds is 5. The maximum Gasteiger partial charge on any atom is 0.416 e. The van der Waals surface area contributed by atoms with Gasteiger partial charge in [-0.05, 0) is 70.4 Å². The number of alkyl halides is 3. The van der Waals surface area contributed by atoms with Crippen molar-refractivity contribution in [2.75, 3.05) is 6.54 Å². The van der Waals surface area contributed by atoms with Crippen molar-refractivity contribution in [1.29, 1.82) is 0 Å². The molecule has 0 N–H and O–H groups in total. The van der Waals surface area contributed by atoms with E-state index in [1.807, 2.05) is 45.0 Å². The zero-order valence-corrected chi connectivity index (χ0v) is 20.6. The second-order valence-corrected chi connectivity index (χ2v) is 10.1. The van der Waals surface area contributed by atoms with Crippen LogP contribution in [0.15, 0.2) is 53.0 Å². The van der Waals surface area contributed by atoms with Crippen LogP contribution in [-0.2, 0) is 10.9 Å². The van der Waals surface area contributed by atoms with Gasteiger partial charge in [-0.1, -0.05) is 34.1 Å². The molecule has 0 unspecified atom stereocenters. The van der Waals surface area contributed by atoms with Crippen molar-refractivity contribution in [2.24, 2.45) is 0 Å². The molecule has 0 aromatic heterocycles. The van der Waals surface area contributed by atoms with Crippen LogP contribution >= 0.6 is 15.9 Å². The van der Waals surface area contributed by atoms with Gasteiger partial charge in [0.2, 0.25) is 0 Å². The van der Waals surface area contributed by atoms with Gasteiger partial charge < -0.3 is 14.4 Å². The van der Waals surface area contributed by atoms with E-state index in [0.717, 1.165) is 41.4 Å². The Morgan fingerprint density at radius 1 is 1.09 bits per heavy atom. The minimum absolute atomic E-state index is 0.111. The Labute approximate surface area is 201 Å². The molecule has 1 fully saturated rings. The molecule has 180 valence electrons. The van der Waals surface area contributed by atoms with Crippen molar-refractivity contribution in [1.82, 2.24) is 4.90 Å². The highest BCUT2D eigenvalue weighted by atomic mass is 79.9. The molecule has 4 nitrogen and oxygen atoms in total. The van der Waals surface area contributed by atoms with E-state index >= 15 is 0 Å². The van der Waals surface area contributed by atoms with Crippen LogP contribution in [0.5, 0.6) is 5.75 Å². The number of carbonyl (C=O) groups is 1. The lowest BCUT2D eigenvalue weighted by Crippen LogP contribution is -2.47. The number of ether oxygens (including phenoxy) is 2. The molecule has 3 rings (SSSR count). The molecule has 0 radical (unpaired) electrons. The van der Waals surface area contributed by atoms with Gasteiger partial charge >= 0.3 is 12.3 Å². The molecule has 2 aromatic carbocycles. The third-order valence-corrected chi connectivity index (χ3v) is 6.18. The monoisotopic (exact) mass is 527 g/mol. The van der Waals surface area contributed by atoms with E-state index in [9.17, 15) is 18.0 Å². The first kappa shape index (κ1) is 25.4. The molecule has 0 saturated carbocycles. The number of piperidine rings is 1. The minimum Gasteiger partial charge on any atom is -0.486 e. The van der Waals surface area contributed by atoms with Crippen LogP contribution in [-0.4, -0.2) is 29.2 Å². The van der Waals surface area contributed by atoms with E-state index in [0.29, 0.717) is 18.7 Å². The van der Waals surface area contributed by atoms with Crippen molar-refractivity contribution < 1.29 is 27.4 Å². The van der Waals surface area contributed by atoms with Gasteiger partial charge in [0.1, 0.15) is 17.5 Å². The van der Waals surface area contributed by atoms with Gasteiger partial charge in [-0.3, -0.25) is 0 Å². The number of nitrogens with zero attached hydrogens (tertiary/aromatic N) is 1. The lowest BCUT2D eigenvalue weighted by Gasteiger charge is -2.38. The van der Waals surface area contributed by atoms with Gasteiger partial charge in [0.05, 0.1) is 5.56 Å². The lowest BCUT2D eigenvalue weighted by atomic mass is 9.94. The van der Waals surface area contributed by atoms with Gasteiger partial charge in [-0.25, -0.2) is 4.79 Å². The van der Waals surface area contributed by atoms with Crippen LogP contribution in [0.2, 0.25) is 0 Å². The Kier molecular flexibility index (Phi) is 7.98. The van der Waals surface area contributed by atoms with Crippen molar-refractivity contribution in [3.05, 3.63) is 64.1 Å². The van der Waals surface area contributed by atoms with Gasteiger partial charge in [0.15, 0.2) is 0 Å². The van der Waals surface area contributed by atoms with E-state index in [4.69, 9.17) is 9.47 Å². The summed E-state index contributed by atoms with van der Waals surface area (Å²) in [6.45, 7) is 6.10. The fourth-order valence-electron chi connectivity index (χ4n) is 3.92. The van der Waals surface area contributed by atoms with Crippen molar-refractivity contribution in [3.8, 4) is 5.75 Å². The second kappa shape index (κ2) is 10.4. The highest BCUT2D eigenvalue weighted by Gasteiger charge is 2.34. The largest absolute Gasteiger partial charge is 0.486 e. The summed E-state index contributed by atoms with van der Waals surface area (Å²) in [7, 11) is 0. The van der Waals surface area contributed by atoms with Crippen LogP contribution in [0, 0.1) is 0 Å². The summed E-state index contributed by atoms with van der Waals surface area (Å²) in [4.78, 5) is 14.6. The molecule has 1 aliphatic rings. The van der Waals surface area contributed by atoms with E-state index in [2.05, 4.69) is 15.9 Å². The standard InChI is InChI=1S/C25H29BrF3NO3/c1-24(2,3)33-23(31)30-15-7-6-8-18(30)16-22(20-9-4-5-10-21(20)26)32-19-13-11-17(12-14-19)25(27,28)29/h4-5,9-14,18,22H,6-8,15-16H2,1-3H3/t18-,22-/m0/s1. The lowest BCUT2D eigenvalue weighted by molar-refractivity contribution is -0.137. The summed E-state index contributed by atoms with van der Waals surface area (Å²) in [5.74, 6) is 0.336. The van der Waals surface area contributed by atoms with Crippen LogP contribution in [0.25, 0.3) is 0 Å². The number of benzene rings is 2. The summed E-state index contributed by atoms with van der Waals surface area (Å²) in [6.07, 6.45) is -2.06. The molecular formula is C25H29BrF3NO3. The predicted octanol–water partition coefficient (Wildman–Crippen LogP) is 7.77. The fraction of sp³-hybridized carbons (Fsp3) is 0.480. The Hall–Kier alpha value is -2.22. The molecule has 1 heterocycles. The zero-order chi connectivity index (χ0) is 24.2. The SMILES string of the molecule is CC(C)(C)OC(=O)N1CCCC[C@H]1C[C@H](Oc1ccc(C(F)(F)F)cc1)c1ccccc1Br. The normalized spacial score (nSPS) is 18.0. The van der Waals surface area contributed by atoms with E-state index < -0.39 is 23.4 Å². The minimum atomic E-state index is -4.41.